The first kappa shape index (κ1) is 14.5. The van der Waals surface area contributed by atoms with Crippen molar-refractivity contribution in [3.05, 3.63) is 53.5 Å². The molecule has 0 amide bonds. The van der Waals surface area contributed by atoms with Crippen molar-refractivity contribution in [3.8, 4) is 0 Å². The number of benzene rings is 1. The molecule has 20 heavy (non-hydrogen) atoms. The van der Waals surface area contributed by atoms with Gasteiger partial charge in [0.2, 0.25) is 0 Å². The minimum absolute atomic E-state index is 0.106. The van der Waals surface area contributed by atoms with Crippen LogP contribution in [0.5, 0.6) is 0 Å². The lowest BCUT2D eigenvalue weighted by Gasteiger charge is -2.19. The molecule has 0 saturated heterocycles. The highest BCUT2D eigenvalue weighted by molar-refractivity contribution is 5.46. The van der Waals surface area contributed by atoms with Crippen molar-refractivity contribution in [2.75, 3.05) is 12.8 Å². The van der Waals surface area contributed by atoms with Crippen molar-refractivity contribution in [1.82, 2.24) is 4.90 Å². The highest BCUT2D eigenvalue weighted by atomic mass is 19.4. The van der Waals surface area contributed by atoms with Crippen LogP contribution < -0.4 is 5.73 Å². The Bertz CT molecular complexity index is 564. The molecule has 1 heterocycles. The highest BCUT2D eigenvalue weighted by Gasteiger charge is 2.33. The zero-order valence-corrected chi connectivity index (χ0v) is 10.9. The molecule has 1 aromatic carbocycles. The van der Waals surface area contributed by atoms with Gasteiger partial charge in [-0.05, 0) is 36.9 Å². The van der Waals surface area contributed by atoms with Crippen molar-refractivity contribution >= 4 is 5.69 Å². The van der Waals surface area contributed by atoms with E-state index in [1.807, 2.05) is 0 Å². The van der Waals surface area contributed by atoms with Crippen molar-refractivity contribution < 1.29 is 17.6 Å². The topological polar surface area (TPSA) is 42.4 Å². The fourth-order valence-electron chi connectivity index (χ4n) is 2.01. The Morgan fingerprint density at radius 2 is 1.95 bits per heavy atom. The minimum Gasteiger partial charge on any atom is -0.468 e. The van der Waals surface area contributed by atoms with E-state index in [0.29, 0.717) is 12.3 Å². The molecule has 0 spiro atoms. The van der Waals surface area contributed by atoms with Gasteiger partial charge in [0, 0.05) is 12.2 Å². The fraction of sp³-hybridized carbons (Fsp3) is 0.286. The number of furan rings is 1. The Hall–Kier alpha value is -1.95. The molecule has 108 valence electrons. The van der Waals surface area contributed by atoms with Crippen LogP contribution in [0.15, 0.2) is 41.0 Å². The molecule has 0 fully saturated rings. The number of nitrogen functional groups attached to an aromatic ring is 1. The molecule has 0 unspecified atom stereocenters. The SMILES string of the molecule is CN(Cc1ccco1)Cc1ccc(N)cc1C(F)(F)F. The first-order chi connectivity index (χ1) is 9.36. The van der Waals surface area contributed by atoms with Gasteiger partial charge >= 0.3 is 6.18 Å². The maximum absolute atomic E-state index is 13.0. The van der Waals surface area contributed by atoms with E-state index in [-0.39, 0.29) is 17.8 Å². The summed E-state index contributed by atoms with van der Waals surface area (Å²) in [6.07, 6.45) is -2.87. The first-order valence-corrected chi connectivity index (χ1v) is 6.03. The van der Waals surface area contributed by atoms with E-state index in [0.717, 1.165) is 6.07 Å². The van der Waals surface area contributed by atoms with Crippen LogP contribution in [0.1, 0.15) is 16.9 Å². The van der Waals surface area contributed by atoms with E-state index in [1.54, 1.807) is 24.1 Å². The van der Waals surface area contributed by atoms with Gasteiger partial charge in [0.05, 0.1) is 18.4 Å². The normalized spacial score (nSPS) is 12.1. The number of hydrogen-bond acceptors (Lipinski definition) is 3. The molecule has 0 bridgehead atoms. The third-order valence-electron chi connectivity index (χ3n) is 2.89. The Kier molecular flexibility index (Phi) is 4.04. The summed E-state index contributed by atoms with van der Waals surface area (Å²) in [5.41, 5.74) is 5.05. The molecule has 3 nitrogen and oxygen atoms in total. The van der Waals surface area contributed by atoms with Crippen molar-refractivity contribution in [2.24, 2.45) is 0 Å². The van der Waals surface area contributed by atoms with E-state index in [2.05, 4.69) is 0 Å². The summed E-state index contributed by atoms with van der Waals surface area (Å²) in [6.45, 7) is 0.602. The zero-order valence-electron chi connectivity index (χ0n) is 10.9. The van der Waals surface area contributed by atoms with Crippen LogP contribution in [0.3, 0.4) is 0 Å². The van der Waals surface area contributed by atoms with E-state index in [1.165, 1.54) is 18.4 Å². The van der Waals surface area contributed by atoms with E-state index in [4.69, 9.17) is 10.2 Å². The molecule has 2 aromatic rings. The second kappa shape index (κ2) is 5.58. The molecule has 2 N–H and O–H groups in total. The number of rotatable bonds is 4. The third kappa shape index (κ3) is 3.54. The van der Waals surface area contributed by atoms with E-state index >= 15 is 0 Å². The van der Waals surface area contributed by atoms with Crippen LogP contribution in [0.2, 0.25) is 0 Å². The molecule has 6 heteroatoms. The maximum atomic E-state index is 13.0. The number of nitrogens with zero attached hydrogens (tertiary/aromatic N) is 1. The minimum atomic E-state index is -4.41. The smallest absolute Gasteiger partial charge is 0.416 e. The summed E-state index contributed by atoms with van der Waals surface area (Å²) in [5, 5.41) is 0. The van der Waals surface area contributed by atoms with E-state index in [9.17, 15) is 13.2 Å². The number of anilines is 1. The Balaban J connectivity index is 2.16. The van der Waals surface area contributed by atoms with Crippen molar-refractivity contribution in [1.29, 1.82) is 0 Å². The molecule has 0 aliphatic heterocycles. The van der Waals surface area contributed by atoms with Gasteiger partial charge in [-0.2, -0.15) is 13.2 Å². The van der Waals surface area contributed by atoms with Gasteiger partial charge in [-0.3, -0.25) is 4.90 Å². The number of nitrogens with two attached hydrogens (primary N) is 1. The molecule has 0 aliphatic carbocycles. The van der Waals surface area contributed by atoms with Crippen molar-refractivity contribution in [3.63, 3.8) is 0 Å². The van der Waals surface area contributed by atoms with Crippen LogP contribution in [0.25, 0.3) is 0 Å². The average molecular weight is 284 g/mol. The summed E-state index contributed by atoms with van der Waals surface area (Å²) in [5.74, 6) is 0.705. The Morgan fingerprint density at radius 1 is 1.20 bits per heavy atom. The predicted octanol–water partition coefficient (Wildman–Crippen LogP) is 3.51. The number of alkyl halides is 3. The predicted molar refractivity (Wildman–Crippen MR) is 69.7 cm³/mol. The Labute approximate surface area is 114 Å². The number of hydrogen-bond donors (Lipinski definition) is 1. The molecular weight excluding hydrogens is 269 g/mol. The second-order valence-corrected chi connectivity index (χ2v) is 4.67. The van der Waals surface area contributed by atoms with Gasteiger partial charge < -0.3 is 10.2 Å². The van der Waals surface area contributed by atoms with Gasteiger partial charge in [0.15, 0.2) is 0 Å². The van der Waals surface area contributed by atoms with Crippen LogP contribution in [-0.2, 0) is 19.3 Å². The molecule has 1 aromatic heterocycles. The molecule has 0 saturated carbocycles. The third-order valence-corrected chi connectivity index (χ3v) is 2.89. The average Bonchev–Trinajstić information content (AvgIpc) is 2.82. The van der Waals surface area contributed by atoms with Crippen LogP contribution >= 0.6 is 0 Å². The van der Waals surface area contributed by atoms with Gasteiger partial charge in [0.1, 0.15) is 5.76 Å². The summed E-state index contributed by atoms with van der Waals surface area (Å²) in [6, 6.07) is 7.38. The van der Waals surface area contributed by atoms with Crippen LogP contribution in [-0.4, -0.2) is 11.9 Å². The molecule has 2 rings (SSSR count). The quantitative estimate of drug-likeness (QED) is 0.874. The molecule has 0 atom stereocenters. The summed E-state index contributed by atoms with van der Waals surface area (Å²) in [4.78, 5) is 1.75. The molecule has 0 aliphatic rings. The highest BCUT2D eigenvalue weighted by Crippen LogP contribution is 2.33. The largest absolute Gasteiger partial charge is 0.468 e. The Morgan fingerprint density at radius 3 is 2.55 bits per heavy atom. The maximum Gasteiger partial charge on any atom is 0.416 e. The standard InChI is InChI=1S/C14H15F3N2O/c1-19(9-12-3-2-6-20-12)8-10-4-5-11(18)7-13(10)14(15,16)17/h2-7H,8-9,18H2,1H3. The van der Waals surface area contributed by atoms with Crippen LogP contribution in [0, 0.1) is 0 Å². The lowest BCUT2D eigenvalue weighted by Crippen LogP contribution is -2.20. The van der Waals surface area contributed by atoms with Gasteiger partial charge in [-0.15, -0.1) is 0 Å². The lowest BCUT2D eigenvalue weighted by molar-refractivity contribution is -0.138. The molecule has 0 radical (unpaired) electrons. The summed E-state index contributed by atoms with van der Waals surface area (Å²) >= 11 is 0. The second-order valence-electron chi connectivity index (χ2n) is 4.67. The molecular formula is C14H15F3N2O. The summed E-state index contributed by atoms with van der Waals surface area (Å²) in [7, 11) is 1.74. The fourth-order valence-corrected chi connectivity index (χ4v) is 2.01. The van der Waals surface area contributed by atoms with E-state index < -0.39 is 11.7 Å². The van der Waals surface area contributed by atoms with Gasteiger partial charge in [0.25, 0.3) is 0 Å². The first-order valence-electron chi connectivity index (χ1n) is 6.03. The van der Waals surface area contributed by atoms with Gasteiger partial charge in [-0.25, -0.2) is 0 Å². The summed E-state index contributed by atoms with van der Waals surface area (Å²) < 4.78 is 44.1. The van der Waals surface area contributed by atoms with Crippen molar-refractivity contribution in [2.45, 2.75) is 19.3 Å². The number of halogens is 3. The van der Waals surface area contributed by atoms with Gasteiger partial charge in [-0.1, -0.05) is 6.07 Å². The monoisotopic (exact) mass is 284 g/mol. The lowest BCUT2D eigenvalue weighted by atomic mass is 10.1. The zero-order chi connectivity index (χ0) is 14.8. The van der Waals surface area contributed by atoms with Crippen LogP contribution in [0.4, 0.5) is 18.9 Å².